The van der Waals surface area contributed by atoms with Gasteiger partial charge in [-0.2, -0.15) is 0 Å². The van der Waals surface area contributed by atoms with E-state index in [0.717, 1.165) is 11.3 Å². The molecule has 3 aromatic rings. The number of rotatable bonds is 3. The summed E-state index contributed by atoms with van der Waals surface area (Å²) in [6.45, 7) is 3.63. The molecule has 1 N–H and O–H groups in total. The Hall–Kier alpha value is -2.95. The van der Waals surface area contributed by atoms with Crippen molar-refractivity contribution in [1.82, 2.24) is 9.55 Å². The number of nitrogens with one attached hydrogen (secondary N) is 1. The Labute approximate surface area is 133 Å². The normalized spacial score (nSPS) is 10.7. The first kappa shape index (κ1) is 15.0. The lowest BCUT2D eigenvalue weighted by atomic mass is 10.2. The molecule has 5 nitrogen and oxygen atoms in total. The number of fused-ring (bicyclic) bond motifs is 1. The fraction of sp³-hybridized carbons (Fsp3) is 0.167. The van der Waals surface area contributed by atoms with Crippen molar-refractivity contribution in [3.63, 3.8) is 0 Å². The summed E-state index contributed by atoms with van der Waals surface area (Å²) in [5.74, 6) is 0.269. The SMILES string of the molecule is Cc1cccc(NC(=O)Cn2c(C)nc3ccccc3c2=O)c1. The third kappa shape index (κ3) is 3.13. The van der Waals surface area contributed by atoms with Crippen LogP contribution in [0.3, 0.4) is 0 Å². The molecule has 0 saturated heterocycles. The number of para-hydroxylation sites is 1. The van der Waals surface area contributed by atoms with Crippen LogP contribution >= 0.6 is 0 Å². The van der Waals surface area contributed by atoms with Crippen molar-refractivity contribution in [2.24, 2.45) is 0 Å². The lowest BCUT2D eigenvalue weighted by molar-refractivity contribution is -0.116. The lowest BCUT2D eigenvalue weighted by Gasteiger charge is -2.11. The lowest BCUT2D eigenvalue weighted by Crippen LogP contribution is -2.30. The van der Waals surface area contributed by atoms with Crippen LogP contribution in [-0.4, -0.2) is 15.5 Å². The Kier molecular flexibility index (Phi) is 3.93. The molecule has 0 radical (unpaired) electrons. The zero-order chi connectivity index (χ0) is 16.4. The summed E-state index contributed by atoms with van der Waals surface area (Å²) in [6, 6.07) is 14.7. The van der Waals surface area contributed by atoms with Crippen LogP contribution in [0.2, 0.25) is 0 Å². The van der Waals surface area contributed by atoms with Gasteiger partial charge in [0.1, 0.15) is 12.4 Å². The Morgan fingerprint density at radius 1 is 1.13 bits per heavy atom. The number of carbonyl (C=O) groups excluding carboxylic acids is 1. The van der Waals surface area contributed by atoms with Gasteiger partial charge in [-0.05, 0) is 43.7 Å². The van der Waals surface area contributed by atoms with Crippen LogP contribution in [0.1, 0.15) is 11.4 Å². The van der Waals surface area contributed by atoms with E-state index < -0.39 is 0 Å². The summed E-state index contributed by atoms with van der Waals surface area (Å²) in [5.41, 5.74) is 2.22. The van der Waals surface area contributed by atoms with Gasteiger partial charge in [0.2, 0.25) is 5.91 Å². The third-order valence-corrected chi connectivity index (χ3v) is 3.66. The number of benzene rings is 2. The second-order valence-corrected chi connectivity index (χ2v) is 5.49. The van der Waals surface area contributed by atoms with E-state index in [1.807, 2.05) is 37.3 Å². The van der Waals surface area contributed by atoms with E-state index in [1.165, 1.54) is 4.57 Å². The van der Waals surface area contributed by atoms with Gasteiger partial charge in [0.15, 0.2) is 0 Å². The molecule has 116 valence electrons. The van der Waals surface area contributed by atoms with Crippen LogP contribution in [-0.2, 0) is 11.3 Å². The predicted octanol–water partition coefficient (Wildman–Crippen LogP) is 2.65. The monoisotopic (exact) mass is 307 g/mol. The highest BCUT2D eigenvalue weighted by atomic mass is 16.2. The molecular formula is C18H17N3O2. The average molecular weight is 307 g/mol. The molecular weight excluding hydrogens is 290 g/mol. The average Bonchev–Trinajstić information content (AvgIpc) is 2.51. The first-order valence-corrected chi connectivity index (χ1v) is 7.37. The molecule has 0 aliphatic carbocycles. The standard InChI is InChI=1S/C18H17N3O2/c1-12-6-5-7-14(10-12)20-17(22)11-21-13(2)19-16-9-4-3-8-15(16)18(21)23/h3-10H,11H2,1-2H3,(H,20,22). The summed E-state index contributed by atoms with van der Waals surface area (Å²) in [5, 5.41) is 3.32. The van der Waals surface area contributed by atoms with Gasteiger partial charge in [0.25, 0.3) is 5.56 Å². The van der Waals surface area contributed by atoms with Gasteiger partial charge in [0.05, 0.1) is 10.9 Å². The largest absolute Gasteiger partial charge is 0.325 e. The van der Waals surface area contributed by atoms with E-state index in [9.17, 15) is 9.59 Å². The first-order valence-electron chi connectivity index (χ1n) is 7.37. The molecule has 5 heteroatoms. The van der Waals surface area contributed by atoms with E-state index in [-0.39, 0.29) is 18.0 Å². The zero-order valence-electron chi connectivity index (χ0n) is 13.0. The number of aryl methyl sites for hydroxylation is 2. The molecule has 0 fully saturated rings. The van der Waals surface area contributed by atoms with Crippen molar-refractivity contribution in [2.75, 3.05) is 5.32 Å². The molecule has 3 rings (SSSR count). The van der Waals surface area contributed by atoms with Crippen molar-refractivity contribution in [2.45, 2.75) is 20.4 Å². The zero-order valence-corrected chi connectivity index (χ0v) is 13.0. The van der Waals surface area contributed by atoms with Crippen LogP contribution in [0, 0.1) is 13.8 Å². The van der Waals surface area contributed by atoms with Gasteiger partial charge in [-0.25, -0.2) is 4.98 Å². The molecule has 0 saturated carbocycles. The Morgan fingerprint density at radius 3 is 2.70 bits per heavy atom. The van der Waals surface area contributed by atoms with E-state index in [2.05, 4.69) is 10.3 Å². The minimum atomic E-state index is -0.252. The number of anilines is 1. The number of aromatic nitrogens is 2. The van der Waals surface area contributed by atoms with Crippen molar-refractivity contribution < 1.29 is 4.79 Å². The highest BCUT2D eigenvalue weighted by Gasteiger charge is 2.11. The maximum atomic E-state index is 12.5. The molecule has 23 heavy (non-hydrogen) atoms. The Morgan fingerprint density at radius 2 is 1.91 bits per heavy atom. The summed E-state index contributed by atoms with van der Waals surface area (Å²) in [4.78, 5) is 29.2. The Balaban J connectivity index is 1.89. The number of hydrogen-bond acceptors (Lipinski definition) is 3. The van der Waals surface area contributed by atoms with Gasteiger partial charge in [-0.1, -0.05) is 24.3 Å². The molecule has 0 atom stereocenters. The minimum Gasteiger partial charge on any atom is -0.325 e. The highest BCUT2D eigenvalue weighted by molar-refractivity contribution is 5.90. The number of amides is 1. The smallest absolute Gasteiger partial charge is 0.261 e. The summed E-state index contributed by atoms with van der Waals surface area (Å²) < 4.78 is 1.40. The Bertz CT molecular complexity index is 944. The topological polar surface area (TPSA) is 64.0 Å². The minimum absolute atomic E-state index is 0.0591. The first-order chi connectivity index (χ1) is 11.0. The molecule has 2 aromatic carbocycles. The molecule has 0 unspecified atom stereocenters. The van der Waals surface area contributed by atoms with Gasteiger partial charge < -0.3 is 5.32 Å². The highest BCUT2D eigenvalue weighted by Crippen LogP contribution is 2.10. The van der Waals surface area contributed by atoms with E-state index in [4.69, 9.17) is 0 Å². The number of nitrogens with zero attached hydrogens (tertiary/aromatic N) is 2. The molecule has 0 aliphatic rings. The maximum Gasteiger partial charge on any atom is 0.261 e. The molecule has 1 aromatic heterocycles. The van der Waals surface area contributed by atoms with Gasteiger partial charge in [-0.15, -0.1) is 0 Å². The fourth-order valence-electron chi connectivity index (χ4n) is 2.53. The molecule has 0 bridgehead atoms. The number of carbonyl (C=O) groups is 1. The summed E-state index contributed by atoms with van der Waals surface area (Å²) in [6.07, 6.45) is 0. The van der Waals surface area contributed by atoms with Crippen LogP contribution < -0.4 is 10.9 Å². The molecule has 1 heterocycles. The summed E-state index contributed by atoms with van der Waals surface area (Å²) in [7, 11) is 0. The second kappa shape index (κ2) is 6.04. The molecule has 0 aliphatic heterocycles. The molecule has 1 amide bonds. The van der Waals surface area contributed by atoms with Crippen molar-refractivity contribution in [3.05, 3.63) is 70.3 Å². The van der Waals surface area contributed by atoms with Crippen LogP contribution in [0.4, 0.5) is 5.69 Å². The van der Waals surface area contributed by atoms with E-state index >= 15 is 0 Å². The van der Waals surface area contributed by atoms with Crippen LogP contribution in [0.15, 0.2) is 53.3 Å². The number of hydrogen-bond donors (Lipinski definition) is 1. The second-order valence-electron chi connectivity index (χ2n) is 5.49. The van der Waals surface area contributed by atoms with Crippen molar-refractivity contribution in [1.29, 1.82) is 0 Å². The van der Waals surface area contributed by atoms with E-state index in [0.29, 0.717) is 16.7 Å². The van der Waals surface area contributed by atoms with Crippen molar-refractivity contribution in [3.8, 4) is 0 Å². The van der Waals surface area contributed by atoms with Crippen LogP contribution in [0.5, 0.6) is 0 Å². The van der Waals surface area contributed by atoms with Gasteiger partial charge in [-0.3, -0.25) is 14.2 Å². The van der Waals surface area contributed by atoms with E-state index in [1.54, 1.807) is 25.1 Å². The maximum absolute atomic E-state index is 12.5. The quantitative estimate of drug-likeness (QED) is 0.809. The van der Waals surface area contributed by atoms with Crippen molar-refractivity contribution >= 4 is 22.5 Å². The predicted molar refractivity (Wildman–Crippen MR) is 90.5 cm³/mol. The van der Waals surface area contributed by atoms with Crippen LogP contribution in [0.25, 0.3) is 10.9 Å². The summed E-state index contributed by atoms with van der Waals surface area (Å²) >= 11 is 0. The third-order valence-electron chi connectivity index (χ3n) is 3.66. The van der Waals surface area contributed by atoms with Gasteiger partial charge >= 0.3 is 0 Å². The fourth-order valence-corrected chi connectivity index (χ4v) is 2.53. The van der Waals surface area contributed by atoms with Gasteiger partial charge in [0, 0.05) is 5.69 Å². The molecule has 0 spiro atoms.